The number of hydrogen-bond donors (Lipinski definition) is 0. The van der Waals surface area contributed by atoms with Gasteiger partial charge < -0.3 is 18.9 Å². The minimum atomic E-state index is -0.530. The van der Waals surface area contributed by atoms with Crippen molar-refractivity contribution in [3.05, 3.63) is 89.5 Å². The second kappa shape index (κ2) is 10.1. The summed E-state index contributed by atoms with van der Waals surface area (Å²) in [4.78, 5) is 25.1. The van der Waals surface area contributed by atoms with Crippen LogP contribution in [-0.2, 0) is 0 Å². The van der Waals surface area contributed by atoms with Crippen LogP contribution in [0.25, 0.3) is 6.08 Å². The number of para-hydroxylation sites is 1. The van der Waals surface area contributed by atoms with Gasteiger partial charge in [0.05, 0.1) is 26.9 Å². The van der Waals surface area contributed by atoms with Crippen LogP contribution in [0.4, 0.5) is 0 Å². The summed E-state index contributed by atoms with van der Waals surface area (Å²) in [5.74, 6) is 1.05. The molecule has 0 saturated carbocycles. The van der Waals surface area contributed by atoms with Gasteiger partial charge in [0.15, 0.2) is 5.78 Å². The summed E-state index contributed by atoms with van der Waals surface area (Å²) in [6.45, 7) is 0. The molecule has 0 N–H and O–H groups in total. The minimum absolute atomic E-state index is 0.226. The van der Waals surface area contributed by atoms with E-state index in [1.54, 1.807) is 79.9 Å². The van der Waals surface area contributed by atoms with Crippen molar-refractivity contribution in [3.8, 4) is 23.0 Å². The second-order valence-electron chi connectivity index (χ2n) is 6.43. The van der Waals surface area contributed by atoms with E-state index in [4.69, 9.17) is 18.9 Å². The molecule has 0 aliphatic carbocycles. The van der Waals surface area contributed by atoms with Gasteiger partial charge in [0.1, 0.15) is 28.6 Å². The number of methoxy groups -OCH3 is 3. The first-order chi connectivity index (χ1) is 15.0. The molecule has 0 aliphatic rings. The number of carbonyl (C=O) groups is 2. The van der Waals surface area contributed by atoms with E-state index in [-0.39, 0.29) is 5.78 Å². The van der Waals surface area contributed by atoms with Gasteiger partial charge in [-0.15, -0.1) is 0 Å². The van der Waals surface area contributed by atoms with Crippen molar-refractivity contribution in [2.45, 2.75) is 0 Å². The Balaban J connectivity index is 1.75. The molecule has 3 aromatic carbocycles. The van der Waals surface area contributed by atoms with Crippen LogP contribution in [0.3, 0.4) is 0 Å². The van der Waals surface area contributed by atoms with Gasteiger partial charge in [-0.2, -0.15) is 0 Å². The number of ketones is 1. The molecule has 0 aliphatic heterocycles. The van der Waals surface area contributed by atoms with Crippen molar-refractivity contribution in [3.63, 3.8) is 0 Å². The fraction of sp³-hybridized carbons (Fsp3) is 0.120. The van der Waals surface area contributed by atoms with Gasteiger partial charge in [0.2, 0.25) is 0 Å². The summed E-state index contributed by atoms with van der Waals surface area (Å²) < 4.78 is 21.1. The Morgan fingerprint density at radius 2 is 1.48 bits per heavy atom. The predicted molar refractivity (Wildman–Crippen MR) is 117 cm³/mol. The van der Waals surface area contributed by atoms with Gasteiger partial charge >= 0.3 is 5.97 Å². The summed E-state index contributed by atoms with van der Waals surface area (Å²) in [6, 6.07) is 18.7. The molecule has 0 spiro atoms. The molecule has 0 heterocycles. The number of ether oxygens (including phenoxy) is 4. The maximum atomic E-state index is 12.6. The highest BCUT2D eigenvalue weighted by Gasteiger charge is 2.14. The molecule has 0 radical (unpaired) electrons. The zero-order chi connectivity index (χ0) is 22.2. The highest BCUT2D eigenvalue weighted by molar-refractivity contribution is 6.08. The van der Waals surface area contributed by atoms with Gasteiger partial charge in [0, 0.05) is 6.07 Å². The van der Waals surface area contributed by atoms with Gasteiger partial charge in [-0.05, 0) is 48.0 Å². The number of carbonyl (C=O) groups excluding carboxylic acids is 2. The molecule has 0 bridgehead atoms. The van der Waals surface area contributed by atoms with Crippen molar-refractivity contribution in [1.82, 2.24) is 0 Å². The molecule has 6 heteroatoms. The highest BCUT2D eigenvalue weighted by Crippen LogP contribution is 2.26. The molecule has 0 amide bonds. The Hall–Kier alpha value is -4.06. The molecule has 0 unspecified atom stereocenters. The summed E-state index contributed by atoms with van der Waals surface area (Å²) in [7, 11) is 4.53. The standard InChI is InChI=1S/C25H22O6/c1-28-18-12-13-20(24(16-18)30-3)22(26)14-11-17-7-6-8-19(15-17)31-25(27)21-9-4-5-10-23(21)29-2/h4-16H,1-3H3. The Morgan fingerprint density at radius 3 is 2.23 bits per heavy atom. The van der Waals surface area contributed by atoms with Gasteiger partial charge in [-0.3, -0.25) is 4.79 Å². The summed E-state index contributed by atoms with van der Waals surface area (Å²) in [5.41, 5.74) is 1.44. The van der Waals surface area contributed by atoms with Crippen LogP contribution in [-0.4, -0.2) is 33.1 Å². The van der Waals surface area contributed by atoms with Crippen molar-refractivity contribution < 1.29 is 28.5 Å². The molecule has 0 atom stereocenters. The first-order valence-electron chi connectivity index (χ1n) is 9.45. The lowest BCUT2D eigenvalue weighted by molar-refractivity contribution is 0.0731. The molecule has 0 fully saturated rings. The van der Waals surface area contributed by atoms with Crippen LogP contribution in [0, 0.1) is 0 Å². The van der Waals surface area contributed by atoms with E-state index in [0.29, 0.717) is 39.7 Å². The van der Waals surface area contributed by atoms with Gasteiger partial charge in [-0.25, -0.2) is 4.79 Å². The second-order valence-corrected chi connectivity index (χ2v) is 6.43. The number of rotatable bonds is 8. The first kappa shape index (κ1) is 21.6. The van der Waals surface area contributed by atoms with E-state index in [9.17, 15) is 9.59 Å². The smallest absolute Gasteiger partial charge is 0.347 e. The Bertz CT molecular complexity index is 1120. The SMILES string of the molecule is COc1ccc(C(=O)C=Cc2cccc(OC(=O)c3ccccc3OC)c2)c(OC)c1. The van der Waals surface area contributed by atoms with Gasteiger partial charge in [0.25, 0.3) is 0 Å². The lowest BCUT2D eigenvalue weighted by Crippen LogP contribution is -2.10. The van der Waals surface area contributed by atoms with E-state index in [1.807, 2.05) is 0 Å². The molecular formula is C25H22O6. The zero-order valence-corrected chi connectivity index (χ0v) is 17.5. The lowest BCUT2D eigenvalue weighted by atomic mass is 10.1. The zero-order valence-electron chi connectivity index (χ0n) is 17.5. The number of benzene rings is 3. The van der Waals surface area contributed by atoms with Crippen LogP contribution >= 0.6 is 0 Å². The topological polar surface area (TPSA) is 71.1 Å². The summed E-state index contributed by atoms with van der Waals surface area (Å²) in [5, 5.41) is 0. The van der Waals surface area contributed by atoms with E-state index in [0.717, 1.165) is 0 Å². The Kier molecular flexibility index (Phi) is 7.06. The van der Waals surface area contributed by atoms with E-state index in [2.05, 4.69) is 0 Å². The molecule has 0 aromatic heterocycles. The number of allylic oxidation sites excluding steroid dienone is 1. The first-order valence-corrected chi connectivity index (χ1v) is 9.45. The molecular weight excluding hydrogens is 396 g/mol. The van der Waals surface area contributed by atoms with Crippen LogP contribution in [0.15, 0.2) is 72.8 Å². The largest absolute Gasteiger partial charge is 0.497 e. The summed E-state index contributed by atoms with van der Waals surface area (Å²) >= 11 is 0. The predicted octanol–water partition coefficient (Wildman–Crippen LogP) is 4.83. The van der Waals surface area contributed by atoms with Crippen molar-refractivity contribution >= 4 is 17.8 Å². The summed E-state index contributed by atoms with van der Waals surface area (Å²) in [6.07, 6.45) is 3.08. The maximum absolute atomic E-state index is 12.6. The average Bonchev–Trinajstić information content (AvgIpc) is 2.82. The monoisotopic (exact) mass is 418 g/mol. The molecule has 0 saturated heterocycles. The van der Waals surface area contributed by atoms with Gasteiger partial charge in [-0.1, -0.05) is 30.3 Å². The van der Waals surface area contributed by atoms with Crippen LogP contribution in [0.1, 0.15) is 26.3 Å². The Morgan fingerprint density at radius 1 is 0.710 bits per heavy atom. The van der Waals surface area contributed by atoms with E-state index in [1.165, 1.54) is 20.3 Å². The number of hydrogen-bond acceptors (Lipinski definition) is 6. The third-order valence-corrected chi connectivity index (χ3v) is 4.50. The number of esters is 1. The van der Waals surface area contributed by atoms with Crippen molar-refractivity contribution in [1.29, 1.82) is 0 Å². The normalized spacial score (nSPS) is 10.5. The third-order valence-electron chi connectivity index (χ3n) is 4.50. The fourth-order valence-electron chi connectivity index (χ4n) is 2.92. The molecule has 158 valence electrons. The van der Waals surface area contributed by atoms with E-state index < -0.39 is 5.97 Å². The molecule has 3 aromatic rings. The molecule has 6 nitrogen and oxygen atoms in total. The molecule has 3 rings (SSSR count). The van der Waals surface area contributed by atoms with Crippen LogP contribution in [0.5, 0.6) is 23.0 Å². The fourth-order valence-corrected chi connectivity index (χ4v) is 2.92. The quantitative estimate of drug-likeness (QED) is 0.226. The third kappa shape index (κ3) is 5.30. The van der Waals surface area contributed by atoms with Crippen molar-refractivity contribution in [2.75, 3.05) is 21.3 Å². The molecule has 31 heavy (non-hydrogen) atoms. The van der Waals surface area contributed by atoms with Crippen LogP contribution < -0.4 is 18.9 Å². The Labute approximate surface area is 180 Å². The van der Waals surface area contributed by atoms with E-state index >= 15 is 0 Å². The van der Waals surface area contributed by atoms with Crippen LogP contribution in [0.2, 0.25) is 0 Å². The minimum Gasteiger partial charge on any atom is -0.497 e. The highest BCUT2D eigenvalue weighted by atomic mass is 16.5. The van der Waals surface area contributed by atoms with Crippen molar-refractivity contribution in [2.24, 2.45) is 0 Å². The maximum Gasteiger partial charge on any atom is 0.347 e. The average molecular weight is 418 g/mol. The lowest BCUT2D eigenvalue weighted by Gasteiger charge is -2.09.